The van der Waals surface area contributed by atoms with E-state index in [0.717, 1.165) is 0 Å². The lowest BCUT2D eigenvalue weighted by Gasteiger charge is -2.21. The van der Waals surface area contributed by atoms with Crippen molar-refractivity contribution < 1.29 is 14.4 Å². The predicted octanol–water partition coefficient (Wildman–Crippen LogP) is -0.988. The van der Waals surface area contributed by atoms with Crippen LogP contribution in [0.25, 0.3) is 0 Å². The number of piperidine rings is 1. The first-order valence-corrected chi connectivity index (χ1v) is 5.07. The standard InChI is InChI=1S/C10H10N4O3/c15-8-2-1-6(9(16)14-8)13-10(17)7-5-11-3-4-12-7/h3-6H,1-2H2,(H,13,17)(H,14,15,16)/t6-/m0/s1. The van der Waals surface area contributed by atoms with E-state index in [1.165, 1.54) is 18.6 Å². The van der Waals surface area contributed by atoms with E-state index >= 15 is 0 Å². The number of hydrogen-bond acceptors (Lipinski definition) is 5. The minimum atomic E-state index is -0.692. The molecule has 1 saturated heterocycles. The van der Waals surface area contributed by atoms with Crippen LogP contribution in [0.3, 0.4) is 0 Å². The Hall–Kier alpha value is -2.31. The number of nitrogens with one attached hydrogen (secondary N) is 2. The van der Waals surface area contributed by atoms with Crippen molar-refractivity contribution in [3.63, 3.8) is 0 Å². The highest BCUT2D eigenvalue weighted by atomic mass is 16.2. The molecule has 1 atom stereocenters. The molecule has 0 bridgehead atoms. The molecule has 2 N–H and O–H groups in total. The number of aromatic nitrogens is 2. The van der Waals surface area contributed by atoms with Gasteiger partial charge in [0.2, 0.25) is 11.8 Å². The largest absolute Gasteiger partial charge is 0.339 e. The summed E-state index contributed by atoms with van der Waals surface area (Å²) in [4.78, 5) is 41.5. The van der Waals surface area contributed by atoms with E-state index < -0.39 is 17.9 Å². The average Bonchev–Trinajstić information content (AvgIpc) is 2.34. The molecule has 0 aliphatic carbocycles. The minimum absolute atomic E-state index is 0.136. The quantitative estimate of drug-likeness (QED) is 0.640. The SMILES string of the molecule is O=C1CC[C@H](NC(=O)c2cnccn2)C(=O)N1. The van der Waals surface area contributed by atoms with Crippen LogP contribution in [0.2, 0.25) is 0 Å². The summed E-state index contributed by atoms with van der Waals surface area (Å²) in [7, 11) is 0. The molecule has 1 aromatic heterocycles. The summed E-state index contributed by atoms with van der Waals surface area (Å²) in [6.07, 6.45) is 4.66. The Kier molecular flexibility index (Phi) is 3.08. The highest BCUT2D eigenvalue weighted by molar-refractivity contribution is 6.03. The van der Waals surface area contributed by atoms with Crippen molar-refractivity contribution in [1.82, 2.24) is 20.6 Å². The Morgan fingerprint density at radius 3 is 2.88 bits per heavy atom. The van der Waals surface area contributed by atoms with Crippen LogP contribution in [0.4, 0.5) is 0 Å². The fourth-order valence-electron chi connectivity index (χ4n) is 1.48. The lowest BCUT2D eigenvalue weighted by Crippen LogP contribution is -2.52. The third-order valence-electron chi connectivity index (χ3n) is 2.34. The van der Waals surface area contributed by atoms with E-state index in [0.29, 0.717) is 6.42 Å². The fraction of sp³-hybridized carbons (Fsp3) is 0.300. The maximum atomic E-state index is 11.7. The minimum Gasteiger partial charge on any atom is -0.339 e. The molecule has 1 aromatic rings. The predicted molar refractivity (Wildman–Crippen MR) is 55.7 cm³/mol. The van der Waals surface area contributed by atoms with E-state index in [-0.39, 0.29) is 18.0 Å². The van der Waals surface area contributed by atoms with Crippen molar-refractivity contribution in [1.29, 1.82) is 0 Å². The second-order valence-electron chi connectivity index (χ2n) is 3.57. The summed E-state index contributed by atoms with van der Waals surface area (Å²) < 4.78 is 0. The van der Waals surface area contributed by atoms with Crippen molar-refractivity contribution in [2.24, 2.45) is 0 Å². The van der Waals surface area contributed by atoms with E-state index in [9.17, 15) is 14.4 Å². The van der Waals surface area contributed by atoms with Crippen molar-refractivity contribution in [2.75, 3.05) is 0 Å². The first kappa shape index (κ1) is 11.2. The van der Waals surface area contributed by atoms with Gasteiger partial charge < -0.3 is 5.32 Å². The van der Waals surface area contributed by atoms with Gasteiger partial charge in [-0.15, -0.1) is 0 Å². The van der Waals surface area contributed by atoms with Crippen molar-refractivity contribution in [3.8, 4) is 0 Å². The topological polar surface area (TPSA) is 101 Å². The van der Waals surface area contributed by atoms with Crippen molar-refractivity contribution in [3.05, 3.63) is 24.3 Å². The molecule has 0 unspecified atom stereocenters. The smallest absolute Gasteiger partial charge is 0.272 e. The van der Waals surface area contributed by atoms with E-state index in [1.54, 1.807) is 0 Å². The number of carbonyl (C=O) groups is 3. The highest BCUT2D eigenvalue weighted by Crippen LogP contribution is 2.05. The van der Waals surface area contributed by atoms with Crippen LogP contribution >= 0.6 is 0 Å². The van der Waals surface area contributed by atoms with E-state index in [1.807, 2.05) is 0 Å². The zero-order valence-electron chi connectivity index (χ0n) is 8.84. The van der Waals surface area contributed by atoms with Gasteiger partial charge in [0.25, 0.3) is 5.91 Å². The molecule has 7 heteroatoms. The van der Waals surface area contributed by atoms with E-state index in [2.05, 4.69) is 20.6 Å². The van der Waals surface area contributed by atoms with Gasteiger partial charge in [-0.1, -0.05) is 0 Å². The molecule has 17 heavy (non-hydrogen) atoms. The molecule has 0 saturated carbocycles. The van der Waals surface area contributed by atoms with Gasteiger partial charge in [0.1, 0.15) is 11.7 Å². The Morgan fingerprint density at radius 1 is 1.41 bits per heavy atom. The Morgan fingerprint density at radius 2 is 2.24 bits per heavy atom. The summed E-state index contributed by atoms with van der Waals surface area (Å²) in [5, 5.41) is 4.66. The molecule has 2 rings (SSSR count). The lowest BCUT2D eigenvalue weighted by molar-refractivity contribution is -0.134. The summed E-state index contributed by atoms with van der Waals surface area (Å²) in [6.45, 7) is 0. The highest BCUT2D eigenvalue weighted by Gasteiger charge is 2.28. The normalized spacial score (nSPS) is 19.6. The van der Waals surface area contributed by atoms with Gasteiger partial charge in [0, 0.05) is 18.8 Å². The molecule has 0 spiro atoms. The second kappa shape index (κ2) is 4.69. The first-order chi connectivity index (χ1) is 8.16. The Bertz CT molecular complexity index is 460. The molecule has 0 radical (unpaired) electrons. The average molecular weight is 234 g/mol. The number of imide groups is 1. The zero-order chi connectivity index (χ0) is 12.3. The Labute approximate surface area is 96.6 Å². The summed E-state index contributed by atoms with van der Waals surface area (Å²) in [6, 6.07) is -0.692. The number of rotatable bonds is 2. The van der Waals surface area contributed by atoms with Crippen LogP contribution in [0.1, 0.15) is 23.3 Å². The molecule has 7 nitrogen and oxygen atoms in total. The second-order valence-corrected chi connectivity index (χ2v) is 3.57. The molecule has 1 aliphatic rings. The van der Waals surface area contributed by atoms with E-state index in [4.69, 9.17) is 0 Å². The van der Waals surface area contributed by atoms with Crippen LogP contribution in [-0.2, 0) is 9.59 Å². The number of carbonyl (C=O) groups excluding carboxylic acids is 3. The molecule has 88 valence electrons. The number of hydrogen-bond donors (Lipinski definition) is 2. The van der Waals surface area contributed by atoms with Gasteiger partial charge in [0.05, 0.1) is 6.20 Å². The molecule has 1 fully saturated rings. The molecule has 2 heterocycles. The third-order valence-corrected chi connectivity index (χ3v) is 2.34. The number of nitrogens with zero attached hydrogens (tertiary/aromatic N) is 2. The van der Waals surface area contributed by atoms with Gasteiger partial charge in [-0.2, -0.15) is 0 Å². The van der Waals surface area contributed by atoms with Crippen molar-refractivity contribution in [2.45, 2.75) is 18.9 Å². The maximum absolute atomic E-state index is 11.7. The van der Waals surface area contributed by atoms with Gasteiger partial charge in [0.15, 0.2) is 0 Å². The van der Waals surface area contributed by atoms with Crippen LogP contribution in [0.15, 0.2) is 18.6 Å². The fourth-order valence-corrected chi connectivity index (χ4v) is 1.48. The van der Waals surface area contributed by atoms with Crippen LogP contribution in [-0.4, -0.2) is 33.7 Å². The summed E-state index contributed by atoms with van der Waals surface area (Å²) >= 11 is 0. The first-order valence-electron chi connectivity index (χ1n) is 5.07. The molecule has 0 aromatic carbocycles. The molecular weight excluding hydrogens is 224 g/mol. The number of amides is 3. The third kappa shape index (κ3) is 2.63. The summed E-state index contributed by atoms with van der Waals surface area (Å²) in [5.41, 5.74) is 0.136. The van der Waals surface area contributed by atoms with Gasteiger partial charge in [-0.25, -0.2) is 4.98 Å². The molecular formula is C10H10N4O3. The van der Waals surface area contributed by atoms with Crippen molar-refractivity contribution >= 4 is 17.7 Å². The Balaban J connectivity index is 2.00. The van der Waals surface area contributed by atoms with Gasteiger partial charge in [-0.3, -0.25) is 24.7 Å². The van der Waals surface area contributed by atoms with Crippen LogP contribution in [0.5, 0.6) is 0 Å². The zero-order valence-corrected chi connectivity index (χ0v) is 8.84. The monoisotopic (exact) mass is 234 g/mol. The summed E-state index contributed by atoms with van der Waals surface area (Å²) in [5.74, 6) is -1.29. The molecule has 3 amide bonds. The van der Waals surface area contributed by atoms with Gasteiger partial charge >= 0.3 is 0 Å². The van der Waals surface area contributed by atoms with Gasteiger partial charge in [-0.05, 0) is 6.42 Å². The van der Waals surface area contributed by atoms with Crippen LogP contribution < -0.4 is 10.6 Å². The lowest BCUT2D eigenvalue weighted by atomic mass is 10.1. The maximum Gasteiger partial charge on any atom is 0.272 e. The molecule has 1 aliphatic heterocycles. The van der Waals surface area contributed by atoms with Crippen LogP contribution in [0, 0.1) is 0 Å².